The van der Waals surface area contributed by atoms with Crippen LogP contribution in [0.5, 0.6) is 0 Å². The molecule has 0 aliphatic carbocycles. The van der Waals surface area contributed by atoms with Crippen molar-refractivity contribution in [3.8, 4) is 0 Å². The number of anilines is 3. The quantitative estimate of drug-likeness (QED) is 0.559. The first-order valence-electron chi connectivity index (χ1n) is 9.30. The monoisotopic (exact) mass is 445 g/mol. The van der Waals surface area contributed by atoms with Gasteiger partial charge in [0.1, 0.15) is 23.4 Å². The van der Waals surface area contributed by atoms with Gasteiger partial charge < -0.3 is 16.0 Å². The average molecular weight is 446 g/mol. The molecule has 1 aliphatic heterocycles. The van der Waals surface area contributed by atoms with E-state index in [-0.39, 0.29) is 5.91 Å². The summed E-state index contributed by atoms with van der Waals surface area (Å²) in [6, 6.07) is 6.72. The van der Waals surface area contributed by atoms with Crippen LogP contribution < -0.4 is 16.0 Å². The largest absolute Gasteiger partial charge is 0.372 e. The number of aryl methyl sites for hydroxylation is 2. The Morgan fingerprint density at radius 3 is 2.67 bits per heavy atom. The fourth-order valence-electron chi connectivity index (χ4n) is 3.77. The van der Waals surface area contributed by atoms with Gasteiger partial charge in [0.25, 0.3) is 5.91 Å². The highest BCUT2D eigenvalue weighted by Crippen LogP contribution is 2.38. The first kappa shape index (κ1) is 20.3. The van der Waals surface area contributed by atoms with Gasteiger partial charge in [-0.3, -0.25) is 9.48 Å². The Hall–Kier alpha value is -2.97. The van der Waals surface area contributed by atoms with Gasteiger partial charge in [0.15, 0.2) is 0 Å². The Labute approximate surface area is 183 Å². The number of halogens is 2. The molecule has 0 saturated carbocycles. The maximum atomic E-state index is 13.5. The van der Waals surface area contributed by atoms with E-state index < -0.39 is 6.04 Å². The van der Waals surface area contributed by atoms with Crippen LogP contribution in [0.15, 0.2) is 41.7 Å². The molecule has 0 saturated heterocycles. The van der Waals surface area contributed by atoms with Crippen molar-refractivity contribution in [1.82, 2.24) is 19.6 Å². The summed E-state index contributed by atoms with van der Waals surface area (Å²) in [5.74, 6) is 1.24. The maximum absolute atomic E-state index is 13.5. The molecule has 1 aromatic carbocycles. The van der Waals surface area contributed by atoms with Crippen LogP contribution in [0, 0.1) is 6.92 Å². The molecule has 3 N–H and O–H groups in total. The number of amides is 1. The van der Waals surface area contributed by atoms with Crippen LogP contribution in [0.2, 0.25) is 10.0 Å². The van der Waals surface area contributed by atoms with Crippen molar-refractivity contribution in [2.24, 2.45) is 7.05 Å². The fourth-order valence-corrected chi connectivity index (χ4v) is 4.07. The first-order chi connectivity index (χ1) is 14.3. The minimum atomic E-state index is -0.471. The molecule has 3 heterocycles. The number of carbonyl (C=O) groups is 1. The summed E-state index contributed by atoms with van der Waals surface area (Å²) in [6.45, 7) is 3.71. The second-order valence-corrected chi connectivity index (χ2v) is 7.85. The summed E-state index contributed by atoms with van der Waals surface area (Å²) in [4.78, 5) is 13.5. The Balaban J connectivity index is 1.80. The molecule has 0 bridgehead atoms. The summed E-state index contributed by atoms with van der Waals surface area (Å²) in [6.07, 6.45) is 1.69. The van der Waals surface area contributed by atoms with Gasteiger partial charge in [-0.2, -0.15) is 10.2 Å². The molecule has 30 heavy (non-hydrogen) atoms. The summed E-state index contributed by atoms with van der Waals surface area (Å²) in [5, 5.41) is 19.0. The molecule has 8 nitrogen and oxygen atoms in total. The van der Waals surface area contributed by atoms with Gasteiger partial charge in [-0.1, -0.05) is 29.3 Å². The smallest absolute Gasteiger partial charge is 0.256 e. The Bertz CT molecular complexity index is 1180. The van der Waals surface area contributed by atoms with Gasteiger partial charge in [0.2, 0.25) is 0 Å². The second kappa shape index (κ2) is 7.70. The van der Waals surface area contributed by atoms with Gasteiger partial charge in [0, 0.05) is 25.9 Å². The number of aromatic nitrogens is 4. The lowest BCUT2D eigenvalue weighted by Gasteiger charge is -2.30. The van der Waals surface area contributed by atoms with Crippen LogP contribution in [0.25, 0.3) is 0 Å². The molecule has 1 amide bonds. The molecule has 4 rings (SSSR count). The topological polar surface area (TPSA) is 88.8 Å². The number of allylic oxidation sites excluding steroid dienone is 1. The zero-order chi connectivity index (χ0) is 21.6. The van der Waals surface area contributed by atoms with Crippen molar-refractivity contribution in [2.45, 2.75) is 19.9 Å². The number of fused-ring (bicyclic) bond motifs is 1. The van der Waals surface area contributed by atoms with Crippen molar-refractivity contribution >= 4 is 46.4 Å². The van der Waals surface area contributed by atoms with Crippen molar-refractivity contribution in [1.29, 1.82) is 0 Å². The van der Waals surface area contributed by atoms with Crippen LogP contribution in [0.4, 0.5) is 17.3 Å². The Morgan fingerprint density at radius 1 is 1.20 bits per heavy atom. The molecule has 0 radical (unpaired) electrons. The summed E-state index contributed by atoms with van der Waals surface area (Å²) in [5.41, 5.74) is 3.39. The first-order valence-corrected chi connectivity index (χ1v) is 10.1. The van der Waals surface area contributed by atoms with Crippen molar-refractivity contribution in [3.63, 3.8) is 0 Å². The lowest BCUT2D eigenvalue weighted by molar-refractivity contribution is -0.113. The predicted molar refractivity (Wildman–Crippen MR) is 119 cm³/mol. The van der Waals surface area contributed by atoms with Crippen LogP contribution in [-0.2, 0) is 11.8 Å². The highest BCUT2D eigenvalue weighted by atomic mass is 35.5. The van der Waals surface area contributed by atoms with Gasteiger partial charge >= 0.3 is 0 Å². The number of hydrogen-bond acceptors (Lipinski definition) is 5. The van der Waals surface area contributed by atoms with Crippen LogP contribution in [-0.4, -0.2) is 32.5 Å². The molecule has 10 heteroatoms. The number of rotatable bonds is 4. The SMILES string of the molecule is CNc1c(NC(=O)C2=C(C)Nc3ccnn3C2c2ccc(Cl)c(Cl)c2)c(C)nn1C. The maximum Gasteiger partial charge on any atom is 0.256 e. The number of nitrogens with zero attached hydrogens (tertiary/aromatic N) is 4. The number of carbonyl (C=O) groups excluding carboxylic acids is 1. The molecule has 0 spiro atoms. The van der Waals surface area contributed by atoms with Gasteiger partial charge in [-0.25, -0.2) is 4.68 Å². The molecule has 2 aromatic heterocycles. The third-order valence-electron chi connectivity index (χ3n) is 5.11. The summed E-state index contributed by atoms with van der Waals surface area (Å²) >= 11 is 12.4. The Morgan fingerprint density at radius 2 is 1.97 bits per heavy atom. The highest BCUT2D eigenvalue weighted by molar-refractivity contribution is 6.42. The highest BCUT2D eigenvalue weighted by Gasteiger charge is 2.33. The predicted octanol–water partition coefficient (Wildman–Crippen LogP) is 4.20. The number of hydrogen-bond donors (Lipinski definition) is 3. The molecule has 1 aliphatic rings. The van der Waals surface area contributed by atoms with Crippen molar-refractivity contribution in [3.05, 3.63) is 63.0 Å². The minimum absolute atomic E-state index is 0.259. The van der Waals surface area contributed by atoms with E-state index in [1.807, 2.05) is 33.0 Å². The van der Waals surface area contributed by atoms with Crippen LogP contribution in [0.3, 0.4) is 0 Å². The minimum Gasteiger partial charge on any atom is -0.372 e. The van der Waals surface area contributed by atoms with Crippen LogP contribution in [0.1, 0.15) is 24.2 Å². The van der Waals surface area contributed by atoms with E-state index in [0.29, 0.717) is 32.8 Å². The third kappa shape index (κ3) is 3.32. The molecule has 156 valence electrons. The zero-order valence-electron chi connectivity index (χ0n) is 16.9. The van der Waals surface area contributed by atoms with Gasteiger partial charge in [-0.05, 0) is 31.5 Å². The summed E-state index contributed by atoms with van der Waals surface area (Å²) in [7, 11) is 3.60. The van der Waals surface area contributed by atoms with Gasteiger partial charge in [0.05, 0.1) is 27.5 Å². The average Bonchev–Trinajstić information content (AvgIpc) is 3.26. The number of nitrogens with one attached hydrogen (secondary N) is 3. The van der Waals surface area contributed by atoms with Crippen molar-refractivity contribution in [2.75, 3.05) is 23.0 Å². The Kier molecular flexibility index (Phi) is 5.21. The van der Waals surface area contributed by atoms with E-state index in [9.17, 15) is 4.79 Å². The van der Waals surface area contributed by atoms with E-state index in [4.69, 9.17) is 23.2 Å². The molecule has 1 atom stereocenters. The second-order valence-electron chi connectivity index (χ2n) is 7.04. The van der Waals surface area contributed by atoms with E-state index in [1.165, 1.54) is 0 Å². The molecule has 3 aromatic rings. The fraction of sp³-hybridized carbons (Fsp3) is 0.250. The van der Waals surface area contributed by atoms with E-state index in [0.717, 1.165) is 17.1 Å². The molecule has 1 unspecified atom stereocenters. The number of benzene rings is 1. The lowest BCUT2D eigenvalue weighted by Crippen LogP contribution is -2.31. The standard InChI is InChI=1S/C20H21Cl2N7O/c1-10-16(20(30)26-17-11(2)27-28(4)19(17)23-3)18(29-15(25-10)7-8-24-29)12-5-6-13(21)14(22)9-12/h5-9,18,23,25H,1-4H3,(H,26,30). The lowest BCUT2D eigenvalue weighted by atomic mass is 9.94. The zero-order valence-corrected chi connectivity index (χ0v) is 18.4. The normalized spacial score (nSPS) is 15.6. The van der Waals surface area contributed by atoms with E-state index in [2.05, 4.69) is 26.1 Å². The summed E-state index contributed by atoms with van der Waals surface area (Å²) < 4.78 is 3.45. The van der Waals surface area contributed by atoms with Gasteiger partial charge in [-0.15, -0.1) is 0 Å². The van der Waals surface area contributed by atoms with E-state index >= 15 is 0 Å². The molecule has 0 fully saturated rings. The molecular formula is C20H21Cl2N7O. The molecular weight excluding hydrogens is 425 g/mol. The third-order valence-corrected chi connectivity index (χ3v) is 5.85. The van der Waals surface area contributed by atoms with Crippen molar-refractivity contribution < 1.29 is 4.79 Å². The van der Waals surface area contributed by atoms with Crippen LogP contribution >= 0.6 is 23.2 Å². The van der Waals surface area contributed by atoms with E-state index in [1.54, 1.807) is 34.7 Å².